The Bertz CT molecular complexity index is 391. The van der Waals surface area contributed by atoms with Gasteiger partial charge in [0, 0.05) is 43.5 Å². The van der Waals surface area contributed by atoms with Gasteiger partial charge in [0.15, 0.2) is 0 Å². The second-order valence-electron chi connectivity index (χ2n) is 4.93. The van der Waals surface area contributed by atoms with Crippen LogP contribution in [0.2, 0.25) is 0 Å². The van der Waals surface area contributed by atoms with Gasteiger partial charge in [-0.2, -0.15) is 0 Å². The molecule has 20 heavy (non-hydrogen) atoms. The molecule has 0 aliphatic carbocycles. The average Bonchev–Trinajstić information content (AvgIpc) is 2.41. The third-order valence-corrected chi connectivity index (χ3v) is 3.55. The summed E-state index contributed by atoms with van der Waals surface area (Å²) in [6.07, 6.45) is 0.860. The minimum Gasteiger partial charge on any atom is -0.383 e. The van der Waals surface area contributed by atoms with E-state index in [2.05, 4.69) is 39.0 Å². The Morgan fingerprint density at radius 3 is 2.30 bits per heavy atom. The van der Waals surface area contributed by atoms with Crippen molar-refractivity contribution in [1.82, 2.24) is 0 Å². The van der Waals surface area contributed by atoms with E-state index in [0.717, 1.165) is 24.0 Å². The summed E-state index contributed by atoms with van der Waals surface area (Å²) < 4.78 is 11.5. The van der Waals surface area contributed by atoms with Gasteiger partial charge in [0.25, 0.3) is 0 Å². The number of methoxy groups -OCH3 is 2. The number of nitrogens with zero attached hydrogens (tertiary/aromatic N) is 1. The fourth-order valence-electron chi connectivity index (χ4n) is 2.11. The Morgan fingerprint density at radius 2 is 1.80 bits per heavy atom. The van der Waals surface area contributed by atoms with E-state index < -0.39 is 0 Å². The molecule has 1 aromatic rings. The lowest BCUT2D eigenvalue weighted by molar-refractivity contribution is 0.190. The molecule has 0 saturated heterocycles. The van der Waals surface area contributed by atoms with E-state index in [1.807, 2.05) is 6.92 Å². The quantitative estimate of drug-likeness (QED) is 0.747. The summed E-state index contributed by atoms with van der Waals surface area (Å²) >= 11 is 3.55. The molecule has 0 spiro atoms. The second-order valence-corrected chi connectivity index (χ2v) is 5.84. The van der Waals surface area contributed by atoms with Crippen LogP contribution in [-0.4, -0.2) is 46.6 Å². The molecule has 0 aliphatic rings. The maximum atomic E-state index is 5.95. The van der Waals surface area contributed by atoms with Crippen LogP contribution in [-0.2, 0) is 15.9 Å². The largest absolute Gasteiger partial charge is 0.383 e. The summed E-state index contributed by atoms with van der Waals surface area (Å²) in [4.78, 5) is 2.29. The van der Waals surface area contributed by atoms with Crippen molar-refractivity contribution in [3.8, 4) is 0 Å². The van der Waals surface area contributed by atoms with Crippen molar-refractivity contribution < 1.29 is 9.47 Å². The van der Waals surface area contributed by atoms with Gasteiger partial charge in [0.05, 0.1) is 13.2 Å². The highest BCUT2D eigenvalue weighted by Gasteiger charge is 2.13. The van der Waals surface area contributed by atoms with Gasteiger partial charge in [0.2, 0.25) is 0 Å². The number of halogens is 1. The van der Waals surface area contributed by atoms with E-state index in [-0.39, 0.29) is 6.04 Å². The average molecular weight is 345 g/mol. The summed E-state index contributed by atoms with van der Waals surface area (Å²) in [5, 5.41) is 0. The maximum Gasteiger partial charge on any atom is 0.0637 e. The molecule has 0 bridgehead atoms. The SMILES string of the molecule is COCCN(CCOC)c1cc(Br)ccc1CC(C)N. The molecule has 0 aromatic heterocycles. The predicted molar refractivity (Wildman–Crippen MR) is 87.5 cm³/mol. The van der Waals surface area contributed by atoms with E-state index in [4.69, 9.17) is 15.2 Å². The number of benzene rings is 1. The molecule has 1 rings (SSSR count). The molecule has 1 atom stereocenters. The predicted octanol–water partition coefficient (Wildman–Crippen LogP) is 2.44. The van der Waals surface area contributed by atoms with Gasteiger partial charge in [-0.3, -0.25) is 0 Å². The first kappa shape index (κ1) is 17.4. The minimum absolute atomic E-state index is 0.140. The summed E-state index contributed by atoms with van der Waals surface area (Å²) in [6, 6.07) is 6.48. The second kappa shape index (κ2) is 9.34. The van der Waals surface area contributed by atoms with E-state index >= 15 is 0 Å². The maximum absolute atomic E-state index is 5.95. The van der Waals surface area contributed by atoms with Crippen LogP contribution in [0.25, 0.3) is 0 Å². The van der Waals surface area contributed by atoms with Gasteiger partial charge in [0.1, 0.15) is 0 Å². The van der Waals surface area contributed by atoms with Crippen molar-refractivity contribution in [2.24, 2.45) is 5.73 Å². The molecule has 5 heteroatoms. The zero-order valence-corrected chi connectivity index (χ0v) is 14.1. The lowest BCUT2D eigenvalue weighted by atomic mass is 10.0. The van der Waals surface area contributed by atoms with Crippen LogP contribution in [0.1, 0.15) is 12.5 Å². The van der Waals surface area contributed by atoms with Crippen LogP contribution in [0.4, 0.5) is 5.69 Å². The van der Waals surface area contributed by atoms with Crippen LogP contribution in [0.3, 0.4) is 0 Å². The molecule has 0 saturated carbocycles. The number of nitrogens with two attached hydrogens (primary N) is 1. The number of anilines is 1. The minimum atomic E-state index is 0.140. The number of ether oxygens (including phenoxy) is 2. The Labute approximate surface area is 130 Å². The number of hydrogen-bond acceptors (Lipinski definition) is 4. The Kier molecular flexibility index (Phi) is 8.14. The summed E-state index contributed by atoms with van der Waals surface area (Å²) in [5.41, 5.74) is 8.41. The van der Waals surface area contributed by atoms with Crippen LogP contribution >= 0.6 is 15.9 Å². The van der Waals surface area contributed by atoms with Crippen molar-refractivity contribution in [3.05, 3.63) is 28.2 Å². The molecule has 1 aromatic carbocycles. The molecule has 0 fully saturated rings. The summed E-state index contributed by atoms with van der Waals surface area (Å²) in [6.45, 7) is 5.08. The molecule has 0 radical (unpaired) electrons. The van der Waals surface area contributed by atoms with Gasteiger partial charge in [-0.25, -0.2) is 0 Å². The number of hydrogen-bond donors (Lipinski definition) is 1. The summed E-state index contributed by atoms with van der Waals surface area (Å²) in [5.74, 6) is 0. The van der Waals surface area contributed by atoms with Crippen molar-refractivity contribution in [2.75, 3.05) is 45.4 Å². The fraction of sp³-hybridized carbons (Fsp3) is 0.600. The highest BCUT2D eigenvalue weighted by Crippen LogP contribution is 2.26. The molecule has 1 unspecified atom stereocenters. The van der Waals surface area contributed by atoms with E-state index in [1.165, 1.54) is 11.3 Å². The van der Waals surface area contributed by atoms with E-state index in [9.17, 15) is 0 Å². The first-order valence-electron chi connectivity index (χ1n) is 6.85. The van der Waals surface area contributed by atoms with Crippen molar-refractivity contribution in [2.45, 2.75) is 19.4 Å². The Hall–Kier alpha value is -0.620. The topological polar surface area (TPSA) is 47.7 Å². The normalized spacial score (nSPS) is 12.4. The third kappa shape index (κ3) is 5.79. The third-order valence-electron chi connectivity index (χ3n) is 3.06. The zero-order valence-electron chi connectivity index (χ0n) is 12.6. The van der Waals surface area contributed by atoms with Crippen molar-refractivity contribution in [1.29, 1.82) is 0 Å². The number of rotatable bonds is 9. The van der Waals surface area contributed by atoms with Crippen LogP contribution in [0.5, 0.6) is 0 Å². The molecule has 2 N–H and O–H groups in total. The Balaban J connectivity index is 2.98. The van der Waals surface area contributed by atoms with Crippen LogP contribution in [0, 0.1) is 0 Å². The molecule has 0 aliphatic heterocycles. The van der Waals surface area contributed by atoms with Gasteiger partial charge in [-0.05, 0) is 31.0 Å². The first-order valence-corrected chi connectivity index (χ1v) is 7.64. The highest BCUT2D eigenvalue weighted by atomic mass is 79.9. The lowest BCUT2D eigenvalue weighted by Crippen LogP contribution is -2.32. The lowest BCUT2D eigenvalue weighted by Gasteiger charge is -2.27. The van der Waals surface area contributed by atoms with Gasteiger partial charge in [-0.1, -0.05) is 22.0 Å². The Morgan fingerprint density at radius 1 is 1.20 bits per heavy atom. The first-order chi connectivity index (χ1) is 9.58. The van der Waals surface area contributed by atoms with Gasteiger partial charge < -0.3 is 20.1 Å². The summed E-state index contributed by atoms with van der Waals surface area (Å²) in [7, 11) is 3.44. The van der Waals surface area contributed by atoms with Crippen LogP contribution in [0.15, 0.2) is 22.7 Å². The highest BCUT2D eigenvalue weighted by molar-refractivity contribution is 9.10. The molecule has 0 heterocycles. The monoisotopic (exact) mass is 344 g/mol. The standard InChI is InChI=1S/C15H25BrN2O2/c1-12(17)10-13-4-5-14(16)11-15(13)18(6-8-19-2)7-9-20-3/h4-5,11-12H,6-10,17H2,1-3H3. The molecule has 0 amide bonds. The fourth-order valence-corrected chi connectivity index (χ4v) is 2.46. The molecule has 4 nitrogen and oxygen atoms in total. The molecular formula is C15H25BrN2O2. The molecule has 114 valence electrons. The van der Waals surface area contributed by atoms with Crippen molar-refractivity contribution >= 4 is 21.6 Å². The smallest absolute Gasteiger partial charge is 0.0637 e. The van der Waals surface area contributed by atoms with E-state index in [1.54, 1.807) is 14.2 Å². The zero-order chi connectivity index (χ0) is 15.0. The van der Waals surface area contributed by atoms with E-state index in [0.29, 0.717) is 13.2 Å². The van der Waals surface area contributed by atoms with Gasteiger partial charge in [-0.15, -0.1) is 0 Å². The van der Waals surface area contributed by atoms with Crippen LogP contribution < -0.4 is 10.6 Å². The van der Waals surface area contributed by atoms with Gasteiger partial charge >= 0.3 is 0 Å². The van der Waals surface area contributed by atoms with Crippen molar-refractivity contribution in [3.63, 3.8) is 0 Å². The molecular weight excluding hydrogens is 320 g/mol.